The zero-order valence-corrected chi connectivity index (χ0v) is 17.7. The van der Waals surface area contributed by atoms with Crippen molar-refractivity contribution in [2.24, 2.45) is 0 Å². The predicted octanol–water partition coefficient (Wildman–Crippen LogP) is 4.48. The van der Waals surface area contributed by atoms with Crippen molar-refractivity contribution in [2.75, 3.05) is 18.2 Å². The Morgan fingerprint density at radius 1 is 1.03 bits per heavy atom. The molecule has 2 aliphatic rings. The number of hydrogen-bond acceptors (Lipinski definition) is 5. The van der Waals surface area contributed by atoms with Crippen LogP contribution in [0, 0.1) is 0 Å². The molecule has 6 nitrogen and oxygen atoms in total. The minimum atomic E-state index is -0.198. The standard InChI is InChI=1S/C24H20N2O4S/c1-2-26-18-12-16(8-10-22(18)31-21-6-4-3-5-17(21)24(26)28)23(27)25-13-15-7-9-19-20(11-15)30-14-29-19/h3-12H,2,13-14H2,1H3,(H,25,27). The third-order valence-electron chi connectivity index (χ3n) is 5.30. The van der Waals surface area contributed by atoms with E-state index in [1.807, 2.05) is 55.5 Å². The lowest BCUT2D eigenvalue weighted by atomic mass is 10.1. The molecule has 1 N–H and O–H groups in total. The molecule has 31 heavy (non-hydrogen) atoms. The summed E-state index contributed by atoms with van der Waals surface area (Å²) in [7, 11) is 0. The van der Waals surface area contributed by atoms with Gasteiger partial charge in [0.05, 0.1) is 11.3 Å². The van der Waals surface area contributed by atoms with Crippen LogP contribution in [0.2, 0.25) is 0 Å². The molecule has 0 aromatic heterocycles. The normalized spacial score (nSPS) is 14.0. The third-order valence-corrected chi connectivity index (χ3v) is 6.44. The molecule has 0 radical (unpaired) electrons. The maximum Gasteiger partial charge on any atom is 0.259 e. The van der Waals surface area contributed by atoms with Crippen molar-refractivity contribution < 1.29 is 19.1 Å². The summed E-state index contributed by atoms with van der Waals surface area (Å²) in [6.07, 6.45) is 0. The smallest absolute Gasteiger partial charge is 0.259 e. The largest absolute Gasteiger partial charge is 0.454 e. The van der Waals surface area contributed by atoms with Gasteiger partial charge in [0.25, 0.3) is 11.8 Å². The molecule has 156 valence electrons. The number of fused-ring (bicyclic) bond motifs is 3. The monoisotopic (exact) mass is 432 g/mol. The first-order chi connectivity index (χ1) is 15.1. The first-order valence-electron chi connectivity index (χ1n) is 10.0. The molecule has 7 heteroatoms. The van der Waals surface area contributed by atoms with Crippen molar-refractivity contribution in [1.29, 1.82) is 0 Å². The lowest BCUT2D eigenvalue weighted by molar-refractivity contribution is 0.0947. The van der Waals surface area contributed by atoms with Gasteiger partial charge in [-0.2, -0.15) is 0 Å². The summed E-state index contributed by atoms with van der Waals surface area (Å²) in [6.45, 7) is 3.04. The molecule has 5 rings (SSSR count). The number of carbonyl (C=O) groups excluding carboxylic acids is 2. The number of hydrogen-bond donors (Lipinski definition) is 1. The second kappa shape index (κ2) is 8.00. The van der Waals surface area contributed by atoms with E-state index in [0.717, 1.165) is 21.0 Å². The molecule has 2 aliphatic heterocycles. The van der Waals surface area contributed by atoms with Gasteiger partial charge < -0.3 is 19.7 Å². The molecule has 0 unspecified atom stereocenters. The highest BCUT2D eigenvalue weighted by Gasteiger charge is 2.27. The van der Waals surface area contributed by atoms with E-state index in [4.69, 9.17) is 9.47 Å². The zero-order valence-electron chi connectivity index (χ0n) is 16.9. The van der Waals surface area contributed by atoms with Crippen molar-refractivity contribution >= 4 is 29.3 Å². The molecule has 0 atom stereocenters. The van der Waals surface area contributed by atoms with Crippen LogP contribution in [0.5, 0.6) is 11.5 Å². The Morgan fingerprint density at radius 2 is 1.87 bits per heavy atom. The van der Waals surface area contributed by atoms with Crippen LogP contribution in [0.15, 0.2) is 70.5 Å². The average molecular weight is 433 g/mol. The number of carbonyl (C=O) groups is 2. The lowest BCUT2D eigenvalue weighted by Gasteiger charge is -2.21. The van der Waals surface area contributed by atoms with Crippen LogP contribution in [-0.4, -0.2) is 25.2 Å². The van der Waals surface area contributed by atoms with Crippen molar-refractivity contribution in [2.45, 2.75) is 23.3 Å². The number of rotatable bonds is 4. The van der Waals surface area contributed by atoms with Crippen LogP contribution in [0.25, 0.3) is 0 Å². The molecule has 0 spiro atoms. The number of nitrogens with zero attached hydrogens (tertiary/aromatic N) is 1. The maximum absolute atomic E-state index is 13.1. The highest BCUT2D eigenvalue weighted by Crippen LogP contribution is 2.41. The van der Waals surface area contributed by atoms with Crippen molar-refractivity contribution in [1.82, 2.24) is 5.32 Å². The van der Waals surface area contributed by atoms with Crippen LogP contribution < -0.4 is 19.7 Å². The molecule has 0 fully saturated rings. The van der Waals surface area contributed by atoms with Gasteiger partial charge in [-0.25, -0.2) is 0 Å². The number of ether oxygens (including phenoxy) is 2. The lowest BCUT2D eigenvalue weighted by Crippen LogP contribution is -2.31. The number of anilines is 1. The molecule has 2 amide bonds. The second-order valence-corrected chi connectivity index (χ2v) is 8.28. The summed E-state index contributed by atoms with van der Waals surface area (Å²) in [5, 5.41) is 2.94. The van der Waals surface area contributed by atoms with E-state index < -0.39 is 0 Å². The molecule has 0 aliphatic carbocycles. The summed E-state index contributed by atoms with van der Waals surface area (Å²) in [5.41, 5.74) is 2.87. The summed E-state index contributed by atoms with van der Waals surface area (Å²) in [5.74, 6) is 1.15. The second-order valence-electron chi connectivity index (χ2n) is 7.20. The molecular weight excluding hydrogens is 412 g/mol. The maximum atomic E-state index is 13.1. The number of amides is 2. The van der Waals surface area contributed by atoms with Crippen LogP contribution >= 0.6 is 11.8 Å². The van der Waals surface area contributed by atoms with Gasteiger partial charge in [0.2, 0.25) is 6.79 Å². The van der Waals surface area contributed by atoms with E-state index in [9.17, 15) is 9.59 Å². The predicted molar refractivity (Wildman–Crippen MR) is 118 cm³/mol. The van der Waals surface area contributed by atoms with Crippen LogP contribution in [0.3, 0.4) is 0 Å². The van der Waals surface area contributed by atoms with Gasteiger partial charge in [-0.15, -0.1) is 0 Å². The first kappa shape index (κ1) is 19.5. The topological polar surface area (TPSA) is 67.9 Å². The minimum absolute atomic E-state index is 0.0535. The van der Waals surface area contributed by atoms with E-state index in [-0.39, 0.29) is 18.6 Å². The van der Waals surface area contributed by atoms with Gasteiger partial charge >= 0.3 is 0 Å². The molecule has 0 saturated heterocycles. The van der Waals surface area contributed by atoms with E-state index in [1.165, 1.54) is 0 Å². The van der Waals surface area contributed by atoms with Crippen LogP contribution in [0.1, 0.15) is 33.2 Å². The van der Waals surface area contributed by atoms with Crippen LogP contribution in [-0.2, 0) is 6.54 Å². The van der Waals surface area contributed by atoms with Gasteiger partial charge in [0.1, 0.15) is 0 Å². The summed E-state index contributed by atoms with van der Waals surface area (Å²) < 4.78 is 10.7. The average Bonchev–Trinajstić information content (AvgIpc) is 3.22. The Morgan fingerprint density at radius 3 is 2.74 bits per heavy atom. The van der Waals surface area contributed by atoms with Crippen molar-refractivity contribution in [3.63, 3.8) is 0 Å². The Kier molecular flexibility index (Phi) is 5.03. The van der Waals surface area contributed by atoms with E-state index >= 15 is 0 Å². The Hall–Kier alpha value is -3.45. The summed E-state index contributed by atoms with van der Waals surface area (Å²) in [4.78, 5) is 29.5. The molecule has 0 bridgehead atoms. The van der Waals surface area contributed by atoms with Crippen molar-refractivity contribution in [3.05, 3.63) is 77.4 Å². The van der Waals surface area contributed by atoms with Gasteiger partial charge in [-0.1, -0.05) is 30.0 Å². The fraction of sp³-hybridized carbons (Fsp3) is 0.167. The Balaban J connectivity index is 1.38. The highest BCUT2D eigenvalue weighted by atomic mass is 32.2. The fourth-order valence-corrected chi connectivity index (χ4v) is 4.77. The van der Waals surface area contributed by atoms with Gasteiger partial charge in [0.15, 0.2) is 11.5 Å². The van der Waals surface area contributed by atoms with Gasteiger partial charge in [-0.3, -0.25) is 9.59 Å². The zero-order chi connectivity index (χ0) is 21.4. The molecule has 0 saturated carbocycles. The summed E-state index contributed by atoms with van der Waals surface area (Å²) >= 11 is 1.55. The fourth-order valence-electron chi connectivity index (χ4n) is 3.71. The minimum Gasteiger partial charge on any atom is -0.454 e. The molecular formula is C24H20N2O4S. The van der Waals surface area contributed by atoms with Crippen molar-refractivity contribution in [3.8, 4) is 11.5 Å². The van der Waals surface area contributed by atoms with Gasteiger partial charge in [0, 0.05) is 28.4 Å². The number of nitrogens with one attached hydrogen (secondary N) is 1. The van der Waals surface area contributed by atoms with E-state index in [0.29, 0.717) is 35.7 Å². The summed E-state index contributed by atoms with van der Waals surface area (Å²) in [6, 6.07) is 18.7. The first-order valence-corrected chi connectivity index (χ1v) is 10.8. The van der Waals surface area contributed by atoms with Crippen LogP contribution in [0.4, 0.5) is 5.69 Å². The SMILES string of the molecule is CCN1C(=O)c2ccccc2Sc2ccc(C(=O)NCc3ccc4c(c3)OCO4)cc21. The van der Waals surface area contributed by atoms with E-state index in [2.05, 4.69) is 5.32 Å². The van der Waals surface area contributed by atoms with Gasteiger partial charge in [-0.05, 0) is 55.0 Å². The third kappa shape index (κ3) is 3.61. The number of benzene rings is 3. The molecule has 3 aromatic rings. The molecule has 2 heterocycles. The molecule has 3 aromatic carbocycles. The Labute approximate surface area is 184 Å². The highest BCUT2D eigenvalue weighted by molar-refractivity contribution is 7.99. The van der Waals surface area contributed by atoms with E-state index in [1.54, 1.807) is 28.8 Å². The Bertz CT molecular complexity index is 1190. The quantitative estimate of drug-likeness (QED) is 0.659.